The van der Waals surface area contributed by atoms with Crippen LogP contribution in [0.25, 0.3) is 17.0 Å². The van der Waals surface area contributed by atoms with Gasteiger partial charge < -0.3 is 15.8 Å². The number of aromatic nitrogens is 1. The van der Waals surface area contributed by atoms with Crippen molar-refractivity contribution >= 4 is 45.7 Å². The van der Waals surface area contributed by atoms with Gasteiger partial charge in [0.15, 0.2) is 5.17 Å². The lowest BCUT2D eigenvalue weighted by Gasteiger charge is -2.11. The highest BCUT2D eigenvalue weighted by atomic mass is 32.2. The Morgan fingerprint density at radius 3 is 2.88 bits per heavy atom. The van der Waals surface area contributed by atoms with Crippen LogP contribution in [-0.4, -0.2) is 34.6 Å². The van der Waals surface area contributed by atoms with Crippen LogP contribution < -0.4 is 15.8 Å². The van der Waals surface area contributed by atoms with E-state index in [9.17, 15) is 9.59 Å². The number of carbonyl (C=O) groups excluding carboxylic acids is 2. The molecule has 2 aromatic carbocycles. The van der Waals surface area contributed by atoms with Crippen LogP contribution in [0.15, 0.2) is 64.6 Å². The second-order valence-corrected chi connectivity index (χ2v) is 8.92. The van der Waals surface area contributed by atoms with Gasteiger partial charge >= 0.3 is 0 Å². The number of thioether (sulfide) groups is 1. The Kier molecular flexibility index (Phi) is 5.60. The third-order valence-corrected chi connectivity index (χ3v) is 6.54. The maximum absolute atomic E-state index is 12.5. The molecule has 0 unspecified atom stereocenters. The zero-order valence-electron chi connectivity index (χ0n) is 17.9. The number of rotatable bonds is 6. The molecule has 1 saturated heterocycles. The lowest BCUT2D eigenvalue weighted by molar-refractivity contribution is -0.115. The SMILES string of the molecule is CCOc1c(C(N)=O)cnc2ccc(/C=C3\SC(=N[C@@H]4C[C@H]4c4ccccc4)NC3=O)cc12. The van der Waals surface area contributed by atoms with Crippen LogP contribution >= 0.6 is 11.8 Å². The first-order valence-corrected chi connectivity index (χ1v) is 11.5. The summed E-state index contributed by atoms with van der Waals surface area (Å²) in [6, 6.07) is 16.1. The van der Waals surface area contributed by atoms with Gasteiger partial charge in [0.2, 0.25) is 0 Å². The number of benzene rings is 2. The summed E-state index contributed by atoms with van der Waals surface area (Å²) in [6.45, 7) is 2.22. The van der Waals surface area contributed by atoms with Gasteiger partial charge in [-0.05, 0) is 54.4 Å². The summed E-state index contributed by atoms with van der Waals surface area (Å²) in [7, 11) is 0. The van der Waals surface area contributed by atoms with Crippen LogP contribution in [0, 0.1) is 0 Å². The molecule has 166 valence electrons. The Labute approximate surface area is 195 Å². The molecule has 3 aromatic rings. The molecule has 2 atom stereocenters. The highest BCUT2D eigenvalue weighted by molar-refractivity contribution is 8.18. The van der Waals surface area contributed by atoms with E-state index in [2.05, 4.69) is 22.4 Å². The molecule has 5 rings (SSSR count). The highest BCUT2D eigenvalue weighted by Gasteiger charge is 2.39. The van der Waals surface area contributed by atoms with Crippen LogP contribution in [0.4, 0.5) is 0 Å². The van der Waals surface area contributed by atoms with Crippen molar-refractivity contribution in [1.82, 2.24) is 10.3 Å². The molecule has 1 saturated carbocycles. The fourth-order valence-corrected chi connectivity index (χ4v) is 4.80. The Hall–Kier alpha value is -3.65. The van der Waals surface area contributed by atoms with E-state index in [1.54, 1.807) is 6.08 Å². The summed E-state index contributed by atoms with van der Waals surface area (Å²) in [5.74, 6) is 0.0391. The number of amidine groups is 1. The number of nitrogens with zero attached hydrogens (tertiary/aromatic N) is 2. The Balaban J connectivity index is 1.40. The van der Waals surface area contributed by atoms with Gasteiger partial charge in [0.25, 0.3) is 11.8 Å². The van der Waals surface area contributed by atoms with E-state index in [0.717, 1.165) is 12.0 Å². The van der Waals surface area contributed by atoms with Gasteiger partial charge in [0.05, 0.1) is 23.1 Å². The number of carbonyl (C=O) groups is 2. The van der Waals surface area contributed by atoms with Gasteiger partial charge in [-0.25, -0.2) is 0 Å². The van der Waals surface area contributed by atoms with Crippen molar-refractivity contribution in [3.05, 3.63) is 76.3 Å². The van der Waals surface area contributed by atoms with Crippen LogP contribution in [0.2, 0.25) is 0 Å². The summed E-state index contributed by atoms with van der Waals surface area (Å²) >= 11 is 1.34. The number of pyridine rings is 1. The van der Waals surface area contributed by atoms with Crippen molar-refractivity contribution in [3.63, 3.8) is 0 Å². The van der Waals surface area contributed by atoms with Crippen molar-refractivity contribution in [2.24, 2.45) is 10.7 Å². The molecular formula is C25H22N4O3S. The van der Waals surface area contributed by atoms with Gasteiger partial charge in [-0.15, -0.1) is 0 Å². The number of nitrogens with two attached hydrogens (primary N) is 1. The monoisotopic (exact) mass is 458 g/mol. The Morgan fingerprint density at radius 1 is 1.30 bits per heavy atom. The molecule has 8 heteroatoms. The molecule has 2 amide bonds. The number of ether oxygens (including phenoxy) is 1. The first-order valence-electron chi connectivity index (χ1n) is 10.7. The predicted octanol–water partition coefficient (Wildman–Crippen LogP) is 3.85. The Bertz CT molecular complexity index is 1320. The predicted molar refractivity (Wildman–Crippen MR) is 130 cm³/mol. The number of fused-ring (bicyclic) bond motifs is 1. The van der Waals surface area contributed by atoms with Crippen molar-refractivity contribution in [1.29, 1.82) is 0 Å². The van der Waals surface area contributed by atoms with E-state index in [1.807, 2.05) is 43.3 Å². The lowest BCUT2D eigenvalue weighted by Crippen LogP contribution is -2.20. The molecule has 2 heterocycles. The van der Waals surface area contributed by atoms with E-state index in [0.29, 0.717) is 39.3 Å². The molecule has 1 aliphatic heterocycles. The normalized spacial score (nSPS) is 22.0. The maximum atomic E-state index is 12.5. The van der Waals surface area contributed by atoms with Crippen molar-refractivity contribution in [2.75, 3.05) is 6.61 Å². The number of hydrogen-bond acceptors (Lipinski definition) is 6. The molecule has 3 N–H and O–H groups in total. The van der Waals surface area contributed by atoms with E-state index >= 15 is 0 Å². The first-order chi connectivity index (χ1) is 16.0. The summed E-state index contributed by atoms with van der Waals surface area (Å²) in [5, 5.41) is 4.17. The second kappa shape index (κ2) is 8.71. The number of hydrogen-bond donors (Lipinski definition) is 2. The quantitative estimate of drug-likeness (QED) is 0.546. The van der Waals surface area contributed by atoms with E-state index < -0.39 is 5.91 Å². The first kappa shape index (κ1) is 21.2. The Morgan fingerprint density at radius 2 is 2.12 bits per heavy atom. The topological polar surface area (TPSA) is 107 Å². The van der Waals surface area contributed by atoms with E-state index in [1.165, 1.54) is 23.5 Å². The molecule has 2 aliphatic rings. The zero-order valence-corrected chi connectivity index (χ0v) is 18.8. The molecule has 1 aliphatic carbocycles. The van der Waals surface area contributed by atoms with E-state index in [4.69, 9.17) is 15.5 Å². The van der Waals surface area contributed by atoms with Crippen molar-refractivity contribution in [3.8, 4) is 5.75 Å². The van der Waals surface area contributed by atoms with Gasteiger partial charge in [0.1, 0.15) is 11.3 Å². The summed E-state index contributed by atoms with van der Waals surface area (Å²) < 4.78 is 5.71. The molecule has 0 radical (unpaired) electrons. The number of nitrogens with one attached hydrogen (secondary N) is 1. The van der Waals surface area contributed by atoms with E-state index in [-0.39, 0.29) is 17.5 Å². The molecule has 0 spiro atoms. The molecule has 7 nitrogen and oxygen atoms in total. The minimum absolute atomic E-state index is 0.176. The fourth-order valence-electron chi connectivity index (χ4n) is 3.92. The van der Waals surface area contributed by atoms with Crippen LogP contribution in [0.1, 0.15) is 40.7 Å². The number of amides is 2. The third kappa shape index (κ3) is 4.34. The second-order valence-electron chi connectivity index (χ2n) is 7.89. The van der Waals surface area contributed by atoms with Crippen LogP contribution in [0.3, 0.4) is 0 Å². The van der Waals surface area contributed by atoms with Gasteiger partial charge in [-0.3, -0.25) is 19.6 Å². The van der Waals surface area contributed by atoms with Crippen LogP contribution in [-0.2, 0) is 4.79 Å². The average Bonchev–Trinajstić information content (AvgIpc) is 3.49. The van der Waals surface area contributed by atoms with Gasteiger partial charge in [0, 0.05) is 17.5 Å². The molecular weight excluding hydrogens is 436 g/mol. The number of aliphatic imine (C=N–C) groups is 1. The summed E-state index contributed by atoms with van der Waals surface area (Å²) in [6.07, 6.45) is 4.22. The maximum Gasteiger partial charge on any atom is 0.264 e. The molecule has 33 heavy (non-hydrogen) atoms. The fraction of sp³-hybridized carbons (Fsp3) is 0.200. The van der Waals surface area contributed by atoms with Crippen molar-refractivity contribution < 1.29 is 14.3 Å². The summed E-state index contributed by atoms with van der Waals surface area (Å²) in [5.41, 5.74) is 8.47. The summed E-state index contributed by atoms with van der Waals surface area (Å²) in [4.78, 5) is 34.0. The average molecular weight is 459 g/mol. The highest BCUT2D eigenvalue weighted by Crippen LogP contribution is 2.44. The lowest BCUT2D eigenvalue weighted by atomic mass is 10.1. The largest absolute Gasteiger partial charge is 0.492 e. The van der Waals surface area contributed by atoms with Gasteiger partial charge in [-0.2, -0.15) is 0 Å². The zero-order chi connectivity index (χ0) is 22.9. The van der Waals surface area contributed by atoms with Gasteiger partial charge in [-0.1, -0.05) is 36.4 Å². The molecule has 1 aromatic heterocycles. The number of primary amides is 1. The standard InChI is InChI=1S/C25H22N4O3S/c1-2-32-22-17-10-14(8-9-19(17)27-13-18(22)23(26)30)11-21-24(31)29-25(33-21)28-20-12-16(20)15-6-4-3-5-7-15/h3-11,13,16,20H,2,12H2,1H3,(H2,26,30)(H,28,29,31)/b21-11-/t16-,20+/m0/s1. The smallest absolute Gasteiger partial charge is 0.264 e. The van der Waals surface area contributed by atoms with Crippen LogP contribution in [0.5, 0.6) is 5.75 Å². The minimum Gasteiger partial charge on any atom is -0.492 e. The third-order valence-electron chi connectivity index (χ3n) is 5.61. The molecule has 2 fully saturated rings. The molecule has 0 bridgehead atoms. The van der Waals surface area contributed by atoms with Crippen molar-refractivity contribution in [2.45, 2.75) is 25.3 Å². The minimum atomic E-state index is -0.600.